The van der Waals surface area contributed by atoms with E-state index in [2.05, 4.69) is 50.4 Å². The van der Waals surface area contributed by atoms with Crippen molar-refractivity contribution in [3.63, 3.8) is 0 Å². The molecule has 3 heteroatoms. The standard InChI is InChI=1S/C17H21NO2/c1-12(18-16(19)15-6-5-11-20-15)13-7-9-14(10-8-13)17(2,3)4/h5-12H,1-4H3,(H,18,19)/t12-/m1/s1. The predicted molar refractivity (Wildman–Crippen MR) is 79.7 cm³/mol. The number of hydrogen-bond acceptors (Lipinski definition) is 2. The fourth-order valence-electron chi connectivity index (χ4n) is 2.03. The molecule has 20 heavy (non-hydrogen) atoms. The van der Waals surface area contributed by atoms with Gasteiger partial charge in [0.05, 0.1) is 12.3 Å². The summed E-state index contributed by atoms with van der Waals surface area (Å²) in [6.45, 7) is 8.52. The molecule has 0 saturated heterocycles. The van der Waals surface area contributed by atoms with Gasteiger partial charge in [0.25, 0.3) is 5.91 Å². The molecule has 0 aliphatic heterocycles. The van der Waals surface area contributed by atoms with Crippen LogP contribution in [0.15, 0.2) is 47.1 Å². The minimum Gasteiger partial charge on any atom is -0.459 e. The van der Waals surface area contributed by atoms with E-state index in [1.807, 2.05) is 6.92 Å². The molecule has 0 saturated carbocycles. The van der Waals surface area contributed by atoms with Crippen molar-refractivity contribution in [2.75, 3.05) is 0 Å². The second-order valence-corrected chi connectivity index (χ2v) is 6.04. The van der Waals surface area contributed by atoms with Crippen LogP contribution in [0.4, 0.5) is 0 Å². The molecular weight excluding hydrogens is 250 g/mol. The summed E-state index contributed by atoms with van der Waals surface area (Å²) in [5.74, 6) is 0.144. The topological polar surface area (TPSA) is 42.2 Å². The highest BCUT2D eigenvalue weighted by Crippen LogP contribution is 2.24. The van der Waals surface area contributed by atoms with Crippen molar-refractivity contribution < 1.29 is 9.21 Å². The summed E-state index contributed by atoms with van der Waals surface area (Å²) in [6, 6.07) is 11.7. The zero-order valence-electron chi connectivity index (χ0n) is 12.4. The Kier molecular flexibility index (Phi) is 3.98. The lowest BCUT2D eigenvalue weighted by Crippen LogP contribution is -2.26. The molecule has 0 spiro atoms. The average Bonchev–Trinajstić information content (AvgIpc) is 2.91. The van der Waals surface area contributed by atoms with E-state index in [0.29, 0.717) is 5.76 Å². The molecule has 1 N–H and O–H groups in total. The lowest BCUT2D eigenvalue weighted by molar-refractivity contribution is 0.0912. The number of nitrogens with one attached hydrogen (secondary N) is 1. The highest BCUT2D eigenvalue weighted by atomic mass is 16.3. The van der Waals surface area contributed by atoms with Crippen LogP contribution in [0.25, 0.3) is 0 Å². The van der Waals surface area contributed by atoms with Crippen molar-refractivity contribution in [1.29, 1.82) is 0 Å². The molecule has 0 fully saturated rings. The van der Waals surface area contributed by atoms with Gasteiger partial charge >= 0.3 is 0 Å². The monoisotopic (exact) mass is 271 g/mol. The number of carbonyl (C=O) groups excluding carboxylic acids is 1. The molecular formula is C17H21NO2. The van der Waals surface area contributed by atoms with E-state index in [1.54, 1.807) is 12.1 Å². The van der Waals surface area contributed by atoms with Crippen molar-refractivity contribution in [3.05, 3.63) is 59.5 Å². The normalized spacial score (nSPS) is 13.0. The zero-order valence-corrected chi connectivity index (χ0v) is 12.4. The summed E-state index contributed by atoms with van der Waals surface area (Å²) in [5.41, 5.74) is 2.50. The molecule has 0 unspecified atom stereocenters. The molecule has 1 heterocycles. The summed E-state index contributed by atoms with van der Waals surface area (Å²) < 4.78 is 5.08. The molecule has 1 aromatic heterocycles. The number of hydrogen-bond donors (Lipinski definition) is 1. The number of furan rings is 1. The molecule has 0 bridgehead atoms. The maximum Gasteiger partial charge on any atom is 0.287 e. The van der Waals surface area contributed by atoms with E-state index in [9.17, 15) is 4.79 Å². The minimum atomic E-state index is -0.192. The van der Waals surface area contributed by atoms with Crippen LogP contribution < -0.4 is 5.32 Å². The van der Waals surface area contributed by atoms with Gasteiger partial charge in [-0.3, -0.25) is 4.79 Å². The summed E-state index contributed by atoms with van der Waals surface area (Å²) >= 11 is 0. The molecule has 0 radical (unpaired) electrons. The first-order valence-corrected chi connectivity index (χ1v) is 6.83. The number of amides is 1. The van der Waals surface area contributed by atoms with Gasteiger partial charge in [-0.05, 0) is 35.6 Å². The molecule has 2 aromatic rings. The SMILES string of the molecule is C[C@@H](NC(=O)c1ccco1)c1ccc(C(C)(C)C)cc1. The Morgan fingerprint density at radius 1 is 1.15 bits per heavy atom. The molecule has 1 amide bonds. The van der Waals surface area contributed by atoms with E-state index in [1.165, 1.54) is 11.8 Å². The number of rotatable bonds is 3. The Morgan fingerprint density at radius 2 is 1.80 bits per heavy atom. The first-order chi connectivity index (χ1) is 9.38. The van der Waals surface area contributed by atoms with Crippen molar-refractivity contribution in [2.45, 2.75) is 39.2 Å². The van der Waals surface area contributed by atoms with E-state index in [4.69, 9.17) is 4.42 Å². The third kappa shape index (κ3) is 3.29. The Hall–Kier alpha value is -2.03. The quantitative estimate of drug-likeness (QED) is 0.914. The maximum absolute atomic E-state index is 11.9. The highest BCUT2D eigenvalue weighted by Gasteiger charge is 2.16. The van der Waals surface area contributed by atoms with Crippen molar-refractivity contribution in [3.8, 4) is 0 Å². The van der Waals surface area contributed by atoms with Crippen LogP contribution in [0, 0.1) is 0 Å². The average molecular weight is 271 g/mol. The minimum absolute atomic E-state index is 0.0541. The Morgan fingerprint density at radius 3 is 2.30 bits per heavy atom. The summed E-state index contributed by atoms with van der Waals surface area (Å²) in [7, 11) is 0. The molecule has 106 valence electrons. The molecule has 2 rings (SSSR count). The Labute approximate surface area is 120 Å². The van der Waals surface area contributed by atoms with Gasteiger partial charge in [-0.25, -0.2) is 0 Å². The maximum atomic E-state index is 11.9. The second kappa shape index (κ2) is 5.53. The molecule has 0 aliphatic rings. The van der Waals surface area contributed by atoms with Gasteiger partial charge in [0, 0.05) is 0 Å². The van der Waals surface area contributed by atoms with E-state index < -0.39 is 0 Å². The Bertz CT molecular complexity index is 562. The third-order valence-electron chi connectivity index (χ3n) is 3.37. The van der Waals surface area contributed by atoms with Gasteiger partial charge < -0.3 is 9.73 Å². The first-order valence-electron chi connectivity index (χ1n) is 6.83. The fraction of sp³-hybridized carbons (Fsp3) is 0.353. The molecule has 1 aromatic carbocycles. The van der Waals surface area contributed by atoms with Gasteiger partial charge in [0.2, 0.25) is 0 Å². The third-order valence-corrected chi connectivity index (χ3v) is 3.37. The predicted octanol–water partition coefficient (Wildman–Crippen LogP) is 4.07. The van der Waals surface area contributed by atoms with Crippen LogP contribution in [0.2, 0.25) is 0 Å². The molecule has 0 aliphatic carbocycles. The lowest BCUT2D eigenvalue weighted by atomic mass is 9.86. The summed E-state index contributed by atoms with van der Waals surface area (Å²) in [5, 5.41) is 2.92. The van der Waals surface area contributed by atoms with Crippen molar-refractivity contribution >= 4 is 5.91 Å². The molecule has 3 nitrogen and oxygen atoms in total. The van der Waals surface area contributed by atoms with Gasteiger partial charge in [-0.1, -0.05) is 45.0 Å². The second-order valence-electron chi connectivity index (χ2n) is 6.04. The zero-order chi connectivity index (χ0) is 14.8. The lowest BCUT2D eigenvalue weighted by Gasteiger charge is -2.20. The van der Waals surface area contributed by atoms with Crippen LogP contribution in [0.1, 0.15) is 55.4 Å². The van der Waals surface area contributed by atoms with Crippen molar-refractivity contribution in [1.82, 2.24) is 5.32 Å². The van der Waals surface area contributed by atoms with Gasteiger partial charge in [0.1, 0.15) is 0 Å². The van der Waals surface area contributed by atoms with Gasteiger partial charge in [0.15, 0.2) is 5.76 Å². The van der Waals surface area contributed by atoms with Crippen LogP contribution in [-0.2, 0) is 5.41 Å². The van der Waals surface area contributed by atoms with Gasteiger partial charge in [-0.15, -0.1) is 0 Å². The van der Waals surface area contributed by atoms with Crippen molar-refractivity contribution in [2.24, 2.45) is 0 Å². The van der Waals surface area contributed by atoms with Crippen LogP contribution in [-0.4, -0.2) is 5.91 Å². The van der Waals surface area contributed by atoms with E-state index in [-0.39, 0.29) is 17.4 Å². The van der Waals surface area contributed by atoms with Crippen LogP contribution in [0.5, 0.6) is 0 Å². The summed E-state index contributed by atoms with van der Waals surface area (Å²) in [6.07, 6.45) is 1.50. The van der Waals surface area contributed by atoms with Gasteiger partial charge in [-0.2, -0.15) is 0 Å². The van der Waals surface area contributed by atoms with E-state index in [0.717, 1.165) is 5.56 Å². The molecule has 1 atom stereocenters. The summed E-state index contributed by atoms with van der Waals surface area (Å²) in [4.78, 5) is 11.9. The number of carbonyl (C=O) groups is 1. The first kappa shape index (κ1) is 14.4. The Balaban J connectivity index is 2.06. The highest BCUT2D eigenvalue weighted by molar-refractivity contribution is 5.91. The van der Waals surface area contributed by atoms with E-state index >= 15 is 0 Å². The largest absolute Gasteiger partial charge is 0.459 e. The van der Waals surface area contributed by atoms with Crippen LogP contribution >= 0.6 is 0 Å². The van der Waals surface area contributed by atoms with Crippen LogP contribution in [0.3, 0.4) is 0 Å². The fourth-order valence-corrected chi connectivity index (χ4v) is 2.03. The number of benzene rings is 1. The smallest absolute Gasteiger partial charge is 0.287 e.